The Morgan fingerprint density at radius 1 is 1.40 bits per heavy atom. The molecule has 2 aromatic rings. The fourth-order valence-corrected chi connectivity index (χ4v) is 5.45. The highest BCUT2D eigenvalue weighted by Crippen LogP contribution is 2.47. The minimum absolute atomic E-state index is 0.0767. The summed E-state index contributed by atoms with van der Waals surface area (Å²) in [6, 6.07) is 4.49. The Hall–Kier alpha value is -2.79. The second-order valence-corrected chi connectivity index (χ2v) is 9.98. The van der Waals surface area contributed by atoms with Crippen molar-refractivity contribution in [1.82, 2.24) is 15.4 Å². The molecule has 1 aromatic carbocycles. The van der Waals surface area contributed by atoms with E-state index in [0.29, 0.717) is 17.3 Å². The first kappa shape index (κ1) is 25.3. The van der Waals surface area contributed by atoms with Crippen LogP contribution >= 0.6 is 11.8 Å². The predicted octanol–water partition coefficient (Wildman–Crippen LogP) is 4.32. The van der Waals surface area contributed by atoms with E-state index >= 15 is 4.39 Å². The molecule has 2 aliphatic rings. The number of aliphatic imine (C=N–C) groups is 1. The zero-order valence-corrected chi connectivity index (χ0v) is 20.9. The number of aryl methyl sites for hydroxylation is 1. The van der Waals surface area contributed by atoms with Gasteiger partial charge in [0.2, 0.25) is 18.0 Å². The van der Waals surface area contributed by atoms with Crippen molar-refractivity contribution in [2.75, 3.05) is 11.2 Å². The van der Waals surface area contributed by atoms with Gasteiger partial charge in [-0.3, -0.25) is 5.41 Å². The summed E-state index contributed by atoms with van der Waals surface area (Å²) < 4.78 is 35.5. The quantitative estimate of drug-likeness (QED) is 0.162. The third-order valence-electron chi connectivity index (χ3n) is 6.67. The second kappa shape index (κ2) is 10.4. The van der Waals surface area contributed by atoms with Crippen LogP contribution in [-0.2, 0) is 11.2 Å². The molecule has 1 aromatic heterocycles. The van der Waals surface area contributed by atoms with Crippen molar-refractivity contribution in [2.24, 2.45) is 10.8 Å². The molecule has 0 saturated carbocycles. The van der Waals surface area contributed by atoms with Crippen molar-refractivity contribution in [2.45, 2.75) is 74.7 Å². The van der Waals surface area contributed by atoms with Crippen molar-refractivity contribution in [3.63, 3.8) is 0 Å². The van der Waals surface area contributed by atoms with E-state index in [1.165, 1.54) is 23.9 Å². The van der Waals surface area contributed by atoms with Crippen molar-refractivity contribution < 1.29 is 13.5 Å². The van der Waals surface area contributed by atoms with Gasteiger partial charge in [0.25, 0.3) is 0 Å². The number of thioether (sulfide) groups is 1. The number of hydrazine groups is 1. The Morgan fingerprint density at radius 3 is 2.77 bits per heavy atom. The topological polar surface area (TPSA) is 113 Å². The first-order valence-electron chi connectivity index (χ1n) is 11.7. The molecular formula is C24H31F2N7OS. The highest BCUT2D eigenvalue weighted by Gasteiger charge is 2.57. The number of amidine groups is 1. The zero-order valence-electron chi connectivity index (χ0n) is 20.1. The highest BCUT2D eigenvalue weighted by atomic mass is 32.2. The largest absolute Gasteiger partial charge is 0.470 e. The Bertz CT molecular complexity index is 1100. The summed E-state index contributed by atoms with van der Waals surface area (Å²) in [5.41, 5.74) is 2.37. The first-order valence-corrected chi connectivity index (χ1v) is 12.9. The van der Waals surface area contributed by atoms with Crippen molar-refractivity contribution >= 4 is 35.1 Å². The summed E-state index contributed by atoms with van der Waals surface area (Å²) >= 11 is 1.38. The van der Waals surface area contributed by atoms with E-state index < -0.39 is 29.3 Å². The maximum absolute atomic E-state index is 15.2. The number of hydrogen-bond acceptors (Lipinski definition) is 8. The van der Waals surface area contributed by atoms with Crippen molar-refractivity contribution in [3.05, 3.63) is 42.0 Å². The van der Waals surface area contributed by atoms with Crippen molar-refractivity contribution in [3.8, 4) is 0 Å². The minimum Gasteiger partial charge on any atom is -0.470 e. The lowest BCUT2D eigenvalue weighted by Gasteiger charge is -2.35. The number of nitrogens with one attached hydrogen (secondary N) is 2. The number of nitrogens with zero attached hydrogens (tertiary/aromatic N) is 4. The number of aromatic nitrogens is 2. The summed E-state index contributed by atoms with van der Waals surface area (Å²) in [7, 11) is 0. The van der Waals surface area contributed by atoms with Gasteiger partial charge >= 0.3 is 0 Å². The monoisotopic (exact) mass is 503 g/mol. The summed E-state index contributed by atoms with van der Waals surface area (Å²) in [6.07, 6.45) is 7.79. The number of nitrogens with two attached hydrogens (primary N) is 1. The maximum atomic E-state index is 15.2. The van der Waals surface area contributed by atoms with E-state index in [0.717, 1.165) is 31.2 Å². The van der Waals surface area contributed by atoms with E-state index in [2.05, 4.69) is 32.2 Å². The average molecular weight is 504 g/mol. The lowest BCUT2D eigenvalue weighted by atomic mass is 9.86. The Kier molecular flexibility index (Phi) is 7.56. The Morgan fingerprint density at radius 2 is 2.14 bits per heavy atom. The van der Waals surface area contributed by atoms with Gasteiger partial charge in [-0.2, -0.15) is 0 Å². The number of hydrogen-bond donors (Lipinski definition) is 3. The van der Waals surface area contributed by atoms with Crippen LogP contribution in [0.2, 0.25) is 0 Å². The van der Waals surface area contributed by atoms with Crippen molar-refractivity contribution in [1.29, 1.82) is 5.41 Å². The molecule has 11 heteroatoms. The first-order chi connectivity index (χ1) is 16.8. The van der Waals surface area contributed by atoms with Crippen LogP contribution < -0.4 is 16.2 Å². The third kappa shape index (κ3) is 5.11. The van der Waals surface area contributed by atoms with Crippen LogP contribution in [0.1, 0.15) is 45.1 Å². The molecule has 4 rings (SSSR count). The lowest BCUT2D eigenvalue weighted by Crippen LogP contribution is -2.49. The molecule has 8 nitrogen and oxygen atoms in total. The predicted molar refractivity (Wildman–Crippen MR) is 135 cm³/mol. The number of alkyl halides is 1. The van der Waals surface area contributed by atoms with Crippen LogP contribution in [-0.4, -0.2) is 51.8 Å². The van der Waals surface area contributed by atoms with E-state index in [1.807, 2.05) is 25.6 Å². The molecule has 4 unspecified atom stereocenters. The molecule has 2 bridgehead atoms. The molecular weight excluding hydrogens is 472 g/mol. The second-order valence-electron chi connectivity index (χ2n) is 9.10. The van der Waals surface area contributed by atoms with Crippen LogP contribution in [0.25, 0.3) is 0 Å². The SMILES string of the molecule is CCCc1cnc(N2C3CCC2C(C)(OC(=N)C(F)C(=Nc2ccc(SC)cc2F)NN)C3)nc1. The molecule has 4 N–H and O–H groups in total. The molecule has 0 aliphatic carbocycles. The van der Waals surface area contributed by atoms with Gasteiger partial charge in [-0.15, -0.1) is 11.8 Å². The van der Waals surface area contributed by atoms with Gasteiger partial charge in [-0.05, 0) is 56.2 Å². The number of fused-ring (bicyclic) bond motifs is 2. The Labute approximate surface area is 208 Å². The summed E-state index contributed by atoms with van der Waals surface area (Å²) in [6.45, 7) is 3.99. The zero-order chi connectivity index (χ0) is 25.2. The molecule has 2 fully saturated rings. The maximum Gasteiger partial charge on any atom is 0.233 e. The van der Waals surface area contributed by atoms with E-state index in [1.54, 1.807) is 6.07 Å². The minimum atomic E-state index is -2.08. The van der Waals surface area contributed by atoms with Gasteiger partial charge in [0, 0.05) is 29.8 Å². The third-order valence-corrected chi connectivity index (χ3v) is 7.39. The summed E-state index contributed by atoms with van der Waals surface area (Å²) in [4.78, 5) is 15.9. The van der Waals surface area contributed by atoms with Crippen LogP contribution in [0.4, 0.5) is 20.4 Å². The summed E-state index contributed by atoms with van der Waals surface area (Å²) in [5, 5.41) is 8.31. The van der Waals surface area contributed by atoms with Gasteiger partial charge < -0.3 is 15.1 Å². The van der Waals surface area contributed by atoms with Gasteiger partial charge in [0.1, 0.15) is 17.1 Å². The molecule has 0 amide bonds. The molecule has 0 radical (unpaired) electrons. The van der Waals surface area contributed by atoms with Gasteiger partial charge in [-0.1, -0.05) is 13.3 Å². The molecule has 2 saturated heterocycles. The van der Waals surface area contributed by atoms with Crippen LogP contribution in [0.15, 0.2) is 40.5 Å². The molecule has 2 aliphatic heterocycles. The fraction of sp³-hybridized carbons (Fsp3) is 0.500. The van der Waals surface area contributed by atoms with E-state index in [4.69, 9.17) is 16.0 Å². The molecule has 0 spiro atoms. The molecule has 3 heterocycles. The number of rotatable bonds is 8. The highest BCUT2D eigenvalue weighted by molar-refractivity contribution is 7.98. The normalized spacial score (nSPS) is 24.5. The molecule has 188 valence electrons. The Balaban J connectivity index is 1.48. The van der Waals surface area contributed by atoms with Crippen LogP contribution in [0, 0.1) is 11.2 Å². The van der Waals surface area contributed by atoms with Crippen LogP contribution in [0.5, 0.6) is 0 Å². The lowest BCUT2D eigenvalue weighted by molar-refractivity contribution is 0.0428. The van der Waals surface area contributed by atoms with Gasteiger partial charge in [0.15, 0.2) is 5.84 Å². The number of ether oxygens (including phenoxy) is 1. The van der Waals surface area contributed by atoms with E-state index in [9.17, 15) is 4.39 Å². The number of anilines is 1. The molecule has 4 atom stereocenters. The fourth-order valence-electron chi connectivity index (χ4n) is 5.02. The van der Waals surface area contributed by atoms with E-state index in [-0.39, 0.29) is 17.8 Å². The summed E-state index contributed by atoms with van der Waals surface area (Å²) in [5.74, 6) is 4.47. The van der Waals surface area contributed by atoms with Gasteiger partial charge in [0.05, 0.1) is 6.04 Å². The average Bonchev–Trinajstić information content (AvgIpc) is 3.38. The smallest absolute Gasteiger partial charge is 0.233 e. The van der Waals surface area contributed by atoms with Crippen LogP contribution in [0.3, 0.4) is 0 Å². The number of benzene rings is 1. The molecule has 35 heavy (non-hydrogen) atoms. The standard InChI is InChI=1S/C24H31F2N7OS/c1-4-5-14-12-29-23(30-13-14)33-15-6-9-19(33)24(2,11-15)34-21(27)20(26)22(32-28)31-18-8-7-16(35-3)10-17(18)25/h7-8,10,12-13,15,19-20,27H,4-6,9,11,28H2,1-3H3,(H,31,32). The number of halogens is 2. The van der Waals surface area contributed by atoms with Gasteiger partial charge in [-0.25, -0.2) is 29.6 Å².